The van der Waals surface area contributed by atoms with Crippen LogP contribution in [0.1, 0.15) is 12.0 Å². The molecule has 0 fully saturated rings. The molecule has 0 bridgehead atoms. The minimum Gasteiger partial charge on any atom is -0.224 e. The number of alkyl halides is 4. The maximum atomic E-state index is 12.3. The number of halogens is 4. The van der Waals surface area contributed by atoms with Crippen molar-refractivity contribution in [1.82, 2.24) is 0 Å². The molecule has 7 heteroatoms. The lowest BCUT2D eigenvalue weighted by atomic mass is 10.2. The Bertz CT molecular complexity index is 465. The van der Waals surface area contributed by atoms with Gasteiger partial charge in [0.1, 0.15) is 0 Å². The molecule has 0 heterocycles. The van der Waals surface area contributed by atoms with Gasteiger partial charge in [-0.25, -0.2) is 8.42 Å². The van der Waals surface area contributed by atoms with Crippen LogP contribution in [0.25, 0.3) is 0 Å². The summed E-state index contributed by atoms with van der Waals surface area (Å²) in [6.45, 7) is 0. The highest BCUT2D eigenvalue weighted by Gasteiger charge is 2.30. The van der Waals surface area contributed by atoms with Gasteiger partial charge in [-0.05, 0) is 30.7 Å². The number of hydrogen-bond acceptors (Lipinski definition) is 2. The van der Waals surface area contributed by atoms with Crippen molar-refractivity contribution in [3.63, 3.8) is 0 Å². The Morgan fingerprint density at radius 3 is 2.06 bits per heavy atom. The van der Waals surface area contributed by atoms with Crippen LogP contribution in [0, 0.1) is 0 Å². The lowest BCUT2D eigenvalue weighted by Crippen LogP contribution is -2.09. The topological polar surface area (TPSA) is 34.1 Å². The first-order valence-corrected chi connectivity index (χ1v) is 7.51. The van der Waals surface area contributed by atoms with E-state index in [9.17, 15) is 21.6 Å². The van der Waals surface area contributed by atoms with Gasteiger partial charge in [0.25, 0.3) is 0 Å². The fourth-order valence-electron chi connectivity index (χ4n) is 1.21. The lowest BCUT2D eigenvalue weighted by Gasteiger charge is -2.08. The van der Waals surface area contributed by atoms with E-state index >= 15 is 0 Å². The molecule has 0 saturated carbocycles. The van der Waals surface area contributed by atoms with E-state index in [1.165, 1.54) is 0 Å². The van der Waals surface area contributed by atoms with Gasteiger partial charge in [0.15, 0.2) is 9.84 Å². The van der Waals surface area contributed by atoms with Crippen LogP contribution in [0.4, 0.5) is 13.2 Å². The second kappa shape index (κ2) is 5.39. The number of sulfone groups is 1. The molecule has 0 saturated heterocycles. The molecular weight excluding hydrogens is 321 g/mol. The van der Waals surface area contributed by atoms with Crippen LogP contribution in [0.3, 0.4) is 0 Å². The molecule has 17 heavy (non-hydrogen) atoms. The van der Waals surface area contributed by atoms with Gasteiger partial charge >= 0.3 is 6.18 Å². The molecule has 0 aromatic heterocycles. The zero-order valence-electron chi connectivity index (χ0n) is 8.67. The van der Waals surface area contributed by atoms with Crippen LogP contribution in [-0.4, -0.2) is 19.5 Å². The Morgan fingerprint density at radius 1 is 1.12 bits per heavy atom. The zero-order valence-corrected chi connectivity index (χ0v) is 11.1. The predicted octanol–water partition coefficient (Wildman–Crippen LogP) is 3.26. The molecular formula is C10H10BrF3O2S. The van der Waals surface area contributed by atoms with E-state index in [0.29, 0.717) is 11.8 Å². The summed E-state index contributed by atoms with van der Waals surface area (Å²) < 4.78 is 60.1. The Kier molecular flexibility index (Phi) is 4.60. The molecule has 0 aliphatic rings. The highest BCUT2D eigenvalue weighted by atomic mass is 79.9. The van der Waals surface area contributed by atoms with Crippen molar-refractivity contribution in [2.24, 2.45) is 0 Å². The van der Waals surface area contributed by atoms with Gasteiger partial charge in [0.2, 0.25) is 0 Å². The summed E-state index contributed by atoms with van der Waals surface area (Å²) in [6.07, 6.45) is -4.03. The largest absolute Gasteiger partial charge is 0.416 e. The second-order valence-electron chi connectivity index (χ2n) is 3.38. The predicted molar refractivity (Wildman–Crippen MR) is 61.9 cm³/mol. The Morgan fingerprint density at radius 2 is 1.65 bits per heavy atom. The minimum atomic E-state index is -4.45. The van der Waals surface area contributed by atoms with Gasteiger partial charge in [-0.2, -0.15) is 13.2 Å². The molecule has 1 aromatic carbocycles. The first kappa shape index (κ1) is 14.5. The SMILES string of the molecule is O=S(=O)(CCCBr)c1ccc(C(F)(F)F)cc1. The standard InChI is InChI=1S/C10H10BrF3O2S/c11-6-1-7-17(15,16)9-4-2-8(3-5-9)10(12,13)14/h2-5H,1,6-7H2. The van der Waals surface area contributed by atoms with Crippen LogP contribution >= 0.6 is 15.9 Å². The molecule has 0 aliphatic heterocycles. The van der Waals surface area contributed by atoms with Crippen molar-refractivity contribution >= 4 is 25.8 Å². The molecule has 0 amide bonds. The summed E-state index contributed by atoms with van der Waals surface area (Å²) in [4.78, 5) is -0.0774. The van der Waals surface area contributed by atoms with Crippen LogP contribution in [0.15, 0.2) is 29.2 Å². The van der Waals surface area contributed by atoms with E-state index in [1.54, 1.807) is 0 Å². The van der Waals surface area contributed by atoms with Gasteiger partial charge < -0.3 is 0 Å². The molecule has 1 aromatic rings. The third-order valence-corrected chi connectivity index (χ3v) is 4.46. The highest BCUT2D eigenvalue weighted by Crippen LogP contribution is 2.29. The maximum Gasteiger partial charge on any atom is 0.416 e. The van der Waals surface area contributed by atoms with Gasteiger partial charge in [0.05, 0.1) is 16.2 Å². The fraction of sp³-hybridized carbons (Fsp3) is 0.400. The molecule has 96 valence electrons. The maximum absolute atomic E-state index is 12.3. The van der Waals surface area contributed by atoms with Gasteiger partial charge in [-0.1, -0.05) is 15.9 Å². The summed E-state index contributed by atoms with van der Waals surface area (Å²) in [5, 5.41) is 0.535. The smallest absolute Gasteiger partial charge is 0.224 e. The quantitative estimate of drug-likeness (QED) is 0.794. The molecule has 0 aliphatic carbocycles. The van der Waals surface area contributed by atoms with Crippen molar-refractivity contribution in [3.8, 4) is 0 Å². The molecule has 0 radical (unpaired) electrons. The van der Waals surface area contributed by atoms with Crippen LogP contribution in [0.2, 0.25) is 0 Å². The number of rotatable bonds is 4. The van der Waals surface area contributed by atoms with Crippen LogP contribution in [0.5, 0.6) is 0 Å². The third kappa shape index (κ3) is 3.99. The van der Waals surface area contributed by atoms with Crippen molar-refractivity contribution < 1.29 is 21.6 Å². The van der Waals surface area contributed by atoms with Crippen molar-refractivity contribution in [2.45, 2.75) is 17.5 Å². The first-order chi connectivity index (χ1) is 7.77. The van der Waals surface area contributed by atoms with Gasteiger partial charge in [-0.15, -0.1) is 0 Å². The third-order valence-electron chi connectivity index (χ3n) is 2.09. The second-order valence-corrected chi connectivity index (χ2v) is 6.29. The van der Waals surface area contributed by atoms with Gasteiger partial charge in [0, 0.05) is 5.33 Å². The van der Waals surface area contributed by atoms with E-state index in [-0.39, 0.29) is 10.6 Å². The van der Waals surface area contributed by atoms with E-state index < -0.39 is 21.6 Å². The van der Waals surface area contributed by atoms with E-state index in [2.05, 4.69) is 15.9 Å². The summed E-state index contributed by atoms with van der Waals surface area (Å²) in [5.41, 5.74) is -0.850. The summed E-state index contributed by atoms with van der Waals surface area (Å²) in [5.74, 6) is -0.0797. The monoisotopic (exact) mass is 330 g/mol. The molecule has 1 rings (SSSR count). The molecule has 0 atom stereocenters. The molecule has 0 spiro atoms. The molecule has 0 unspecified atom stereocenters. The number of hydrogen-bond donors (Lipinski definition) is 0. The minimum absolute atomic E-state index is 0.0774. The summed E-state index contributed by atoms with van der Waals surface area (Å²) in [6, 6.07) is 3.54. The lowest BCUT2D eigenvalue weighted by molar-refractivity contribution is -0.137. The molecule has 0 N–H and O–H groups in total. The Hall–Kier alpha value is -0.560. The van der Waals surface area contributed by atoms with E-state index in [1.807, 2.05) is 0 Å². The van der Waals surface area contributed by atoms with E-state index in [0.717, 1.165) is 24.3 Å². The average molecular weight is 331 g/mol. The van der Waals surface area contributed by atoms with Crippen LogP contribution in [-0.2, 0) is 16.0 Å². The van der Waals surface area contributed by atoms with Crippen molar-refractivity contribution in [3.05, 3.63) is 29.8 Å². The normalized spacial score (nSPS) is 12.7. The Labute approximate surface area is 106 Å². The molecule has 2 nitrogen and oxygen atoms in total. The van der Waals surface area contributed by atoms with E-state index in [4.69, 9.17) is 0 Å². The average Bonchev–Trinajstić information content (AvgIpc) is 2.25. The summed E-state index contributed by atoms with van der Waals surface area (Å²) in [7, 11) is -3.48. The van der Waals surface area contributed by atoms with Crippen molar-refractivity contribution in [2.75, 3.05) is 11.1 Å². The zero-order chi connectivity index (χ0) is 13.1. The fourth-order valence-corrected chi connectivity index (χ4v) is 3.18. The van der Waals surface area contributed by atoms with Crippen molar-refractivity contribution in [1.29, 1.82) is 0 Å². The number of benzene rings is 1. The van der Waals surface area contributed by atoms with Gasteiger partial charge in [-0.3, -0.25) is 0 Å². The highest BCUT2D eigenvalue weighted by molar-refractivity contribution is 9.09. The Balaban J connectivity index is 2.95. The van der Waals surface area contributed by atoms with Crippen LogP contribution < -0.4 is 0 Å². The summed E-state index contributed by atoms with van der Waals surface area (Å²) >= 11 is 3.10. The first-order valence-electron chi connectivity index (χ1n) is 4.73.